The van der Waals surface area contributed by atoms with E-state index >= 15 is 0 Å². The van der Waals surface area contributed by atoms with Crippen LogP contribution in [0.15, 0.2) is 75.5 Å². The maximum atomic E-state index is 7.12. The Morgan fingerprint density at radius 3 is 2.50 bits per heavy atom. The second-order valence-electron chi connectivity index (χ2n) is 9.40. The number of hydroxylamine groups is 1. The van der Waals surface area contributed by atoms with Crippen molar-refractivity contribution in [2.45, 2.75) is 30.1 Å². The zero-order valence-corrected chi connectivity index (χ0v) is 20.7. The first-order valence-corrected chi connectivity index (χ1v) is 13.4. The Kier molecular flexibility index (Phi) is 5.51. The van der Waals surface area contributed by atoms with Crippen molar-refractivity contribution >= 4 is 16.3 Å². The topological polar surface area (TPSA) is 83.1 Å². The van der Waals surface area contributed by atoms with Crippen molar-refractivity contribution in [1.82, 2.24) is 19.8 Å². The van der Waals surface area contributed by atoms with Gasteiger partial charge in [0.1, 0.15) is 17.0 Å². The van der Waals surface area contributed by atoms with Crippen LogP contribution in [0.25, 0.3) is 0 Å². The summed E-state index contributed by atoms with van der Waals surface area (Å²) in [6.45, 7) is 4.44. The van der Waals surface area contributed by atoms with Gasteiger partial charge in [-0.15, -0.1) is 11.3 Å². The first kappa shape index (κ1) is 22.3. The van der Waals surface area contributed by atoms with Crippen molar-refractivity contribution < 1.29 is 18.4 Å². The molecule has 36 heavy (non-hydrogen) atoms. The molecule has 7 heterocycles. The second-order valence-corrected chi connectivity index (χ2v) is 10.3. The van der Waals surface area contributed by atoms with Crippen LogP contribution in [0.3, 0.4) is 0 Å². The molecule has 0 aliphatic carbocycles. The SMILES string of the molecule is c1c[nH]c(C2ON(c3cccs3)C(c3ncco3)(N3CCOCC3)C2(c2ccco2)N2CCCC2)c1. The van der Waals surface area contributed by atoms with E-state index in [-0.39, 0.29) is 0 Å². The van der Waals surface area contributed by atoms with Crippen LogP contribution in [-0.4, -0.2) is 59.2 Å². The minimum Gasteiger partial charge on any atom is -0.467 e. The van der Waals surface area contributed by atoms with E-state index in [1.165, 1.54) is 0 Å². The minimum atomic E-state index is -0.969. The van der Waals surface area contributed by atoms with E-state index < -0.39 is 17.3 Å². The third-order valence-electron chi connectivity index (χ3n) is 7.73. The summed E-state index contributed by atoms with van der Waals surface area (Å²) in [6.07, 6.45) is 8.87. The third-order valence-corrected chi connectivity index (χ3v) is 8.56. The number of ether oxygens (including phenoxy) is 1. The number of furan rings is 1. The molecule has 9 nitrogen and oxygen atoms in total. The Labute approximate surface area is 213 Å². The minimum absolute atomic E-state index is 0.423. The molecular formula is C26H29N5O4S. The number of hydrogen-bond acceptors (Lipinski definition) is 9. The van der Waals surface area contributed by atoms with Gasteiger partial charge in [-0.05, 0) is 67.7 Å². The monoisotopic (exact) mass is 507 g/mol. The Balaban J connectivity index is 1.60. The molecule has 0 bridgehead atoms. The lowest BCUT2D eigenvalue weighted by molar-refractivity contribution is -0.119. The fraction of sp³-hybridized carbons (Fsp3) is 0.423. The summed E-state index contributed by atoms with van der Waals surface area (Å²) in [6, 6.07) is 12.3. The summed E-state index contributed by atoms with van der Waals surface area (Å²) in [4.78, 5) is 20.4. The van der Waals surface area contributed by atoms with Crippen LogP contribution in [0.2, 0.25) is 0 Å². The van der Waals surface area contributed by atoms with Gasteiger partial charge in [0, 0.05) is 25.0 Å². The average molecular weight is 508 g/mol. The lowest BCUT2D eigenvalue weighted by Crippen LogP contribution is -2.71. The molecule has 1 N–H and O–H groups in total. The van der Waals surface area contributed by atoms with Crippen molar-refractivity contribution in [2.75, 3.05) is 44.5 Å². The highest BCUT2D eigenvalue weighted by molar-refractivity contribution is 7.14. The summed E-state index contributed by atoms with van der Waals surface area (Å²) in [5.41, 5.74) is -0.811. The molecule has 4 aromatic rings. The molecule has 3 aliphatic rings. The molecule has 3 unspecified atom stereocenters. The molecule has 10 heteroatoms. The van der Waals surface area contributed by atoms with Gasteiger partial charge in [-0.1, -0.05) is 0 Å². The van der Waals surface area contributed by atoms with Crippen LogP contribution >= 0.6 is 11.3 Å². The van der Waals surface area contributed by atoms with E-state index in [9.17, 15) is 0 Å². The largest absolute Gasteiger partial charge is 0.467 e. The maximum Gasteiger partial charge on any atom is 0.240 e. The van der Waals surface area contributed by atoms with E-state index in [2.05, 4.69) is 44.4 Å². The molecule has 0 saturated carbocycles. The van der Waals surface area contributed by atoms with Gasteiger partial charge < -0.3 is 18.6 Å². The van der Waals surface area contributed by atoms with Crippen molar-refractivity contribution in [3.05, 3.63) is 84.0 Å². The molecule has 3 fully saturated rings. The lowest BCUT2D eigenvalue weighted by Gasteiger charge is -2.54. The van der Waals surface area contributed by atoms with Gasteiger partial charge in [0.15, 0.2) is 11.6 Å². The lowest BCUT2D eigenvalue weighted by atomic mass is 9.73. The normalized spacial score (nSPS) is 29.9. The number of oxazole rings is 1. The van der Waals surface area contributed by atoms with Crippen LogP contribution in [0.1, 0.15) is 36.3 Å². The number of anilines is 1. The average Bonchev–Trinajstić information content (AvgIpc) is 3.73. The number of likely N-dealkylation sites (tertiary alicyclic amines) is 1. The highest BCUT2D eigenvalue weighted by Gasteiger charge is 2.77. The van der Waals surface area contributed by atoms with Crippen molar-refractivity contribution in [2.24, 2.45) is 0 Å². The number of morpholine rings is 1. The van der Waals surface area contributed by atoms with E-state index in [0.29, 0.717) is 32.2 Å². The van der Waals surface area contributed by atoms with Gasteiger partial charge in [-0.25, -0.2) is 10.0 Å². The predicted molar refractivity (Wildman–Crippen MR) is 133 cm³/mol. The number of nitrogens with zero attached hydrogens (tertiary/aromatic N) is 4. The standard InChI is InChI=1S/C26H29N5O4S/c1-2-12-29(11-1)25(21-7-4-15-33-21)23(20-6-3-9-27-20)35-31(22-8-5-19-36-22)26(25,24-28-10-16-34-24)30-13-17-32-18-14-30/h3-10,15-16,19,23,27H,1-2,11-14,17-18H2. The van der Waals surface area contributed by atoms with Crippen LogP contribution in [0.5, 0.6) is 0 Å². The molecule has 3 saturated heterocycles. The quantitative estimate of drug-likeness (QED) is 0.413. The van der Waals surface area contributed by atoms with Crippen LogP contribution in [0, 0.1) is 0 Å². The van der Waals surface area contributed by atoms with Gasteiger partial charge in [0.25, 0.3) is 0 Å². The number of hydrogen-bond donors (Lipinski definition) is 1. The molecule has 0 amide bonds. The van der Waals surface area contributed by atoms with Crippen LogP contribution in [0.4, 0.5) is 5.00 Å². The Morgan fingerprint density at radius 2 is 1.83 bits per heavy atom. The van der Waals surface area contributed by atoms with E-state index in [1.54, 1.807) is 30.1 Å². The molecule has 188 valence electrons. The maximum absolute atomic E-state index is 7.12. The zero-order chi connectivity index (χ0) is 24.0. The van der Waals surface area contributed by atoms with Gasteiger partial charge in [0.2, 0.25) is 11.6 Å². The summed E-state index contributed by atoms with van der Waals surface area (Å²) >= 11 is 1.64. The Bertz CT molecular complexity index is 1230. The highest BCUT2D eigenvalue weighted by atomic mass is 32.1. The molecule has 0 radical (unpaired) electrons. The summed E-state index contributed by atoms with van der Waals surface area (Å²) < 4.78 is 18.5. The van der Waals surface area contributed by atoms with Gasteiger partial charge in [-0.3, -0.25) is 14.6 Å². The summed E-state index contributed by atoms with van der Waals surface area (Å²) in [5, 5.41) is 5.09. The van der Waals surface area contributed by atoms with Crippen molar-refractivity contribution in [1.29, 1.82) is 0 Å². The predicted octanol–water partition coefficient (Wildman–Crippen LogP) is 4.33. The first-order valence-electron chi connectivity index (χ1n) is 12.5. The van der Waals surface area contributed by atoms with E-state index in [0.717, 1.165) is 42.4 Å². The first-order chi connectivity index (χ1) is 17.9. The van der Waals surface area contributed by atoms with Gasteiger partial charge in [0.05, 0.1) is 25.7 Å². The highest BCUT2D eigenvalue weighted by Crippen LogP contribution is 2.65. The molecule has 3 aliphatic heterocycles. The Hall–Kier alpha value is -2.89. The fourth-order valence-electron chi connectivity index (χ4n) is 6.43. The number of thiophene rings is 1. The molecule has 3 atom stereocenters. The summed E-state index contributed by atoms with van der Waals surface area (Å²) in [5.74, 6) is 1.41. The third kappa shape index (κ3) is 2.99. The number of aromatic amines is 1. The van der Waals surface area contributed by atoms with E-state index in [1.807, 2.05) is 23.4 Å². The van der Waals surface area contributed by atoms with Crippen molar-refractivity contribution in [3.8, 4) is 0 Å². The second kappa shape index (κ2) is 8.89. The number of nitrogens with one attached hydrogen (secondary N) is 1. The fourth-order valence-corrected chi connectivity index (χ4v) is 7.15. The number of aromatic nitrogens is 2. The molecule has 7 rings (SSSR count). The smallest absolute Gasteiger partial charge is 0.240 e. The molecular weight excluding hydrogens is 478 g/mol. The summed E-state index contributed by atoms with van der Waals surface area (Å²) in [7, 11) is 0. The van der Waals surface area contributed by atoms with Crippen molar-refractivity contribution in [3.63, 3.8) is 0 Å². The van der Waals surface area contributed by atoms with Crippen LogP contribution in [-0.2, 0) is 20.8 Å². The molecule has 0 aromatic carbocycles. The number of H-pyrrole nitrogens is 1. The molecule has 4 aromatic heterocycles. The molecule has 0 spiro atoms. The van der Waals surface area contributed by atoms with E-state index in [4.69, 9.17) is 23.4 Å². The van der Waals surface area contributed by atoms with Gasteiger partial charge in [-0.2, -0.15) is 0 Å². The number of rotatable bonds is 6. The van der Waals surface area contributed by atoms with Crippen LogP contribution < -0.4 is 5.06 Å². The van der Waals surface area contributed by atoms with Gasteiger partial charge >= 0.3 is 0 Å². The zero-order valence-electron chi connectivity index (χ0n) is 19.9. The Morgan fingerprint density at radius 1 is 0.944 bits per heavy atom.